The van der Waals surface area contributed by atoms with Crippen molar-refractivity contribution < 1.29 is 63.3 Å². The second kappa shape index (κ2) is 38.2. The molecule has 99 heavy (non-hydrogen) atoms. The van der Waals surface area contributed by atoms with E-state index in [9.17, 15) is 63.3 Å². The Bertz CT molecular complexity index is 3660. The number of aliphatic imine (C=N–C) groups is 2. The first-order valence-electron chi connectivity index (χ1n) is 32.3. The molecule has 30 nitrogen and oxygen atoms in total. The molecule has 0 aliphatic carbocycles. The van der Waals surface area contributed by atoms with Gasteiger partial charge in [0.15, 0.2) is 11.9 Å². The largest absolute Gasteiger partial charge is 0.508 e. The summed E-state index contributed by atoms with van der Waals surface area (Å²) >= 11 is 12.3. The Balaban J connectivity index is 1.27. The van der Waals surface area contributed by atoms with Crippen molar-refractivity contribution in [1.29, 1.82) is 0 Å². The van der Waals surface area contributed by atoms with Gasteiger partial charge in [-0.1, -0.05) is 91.6 Å². The number of carbonyl (C=O) groups is 10. The zero-order valence-corrected chi connectivity index (χ0v) is 56.7. The molecule has 1 aromatic heterocycles. The molecule has 0 radical (unpaired) electrons. The van der Waals surface area contributed by atoms with Gasteiger partial charge in [-0.15, -0.1) is 0 Å². The van der Waals surface area contributed by atoms with Crippen molar-refractivity contribution in [2.24, 2.45) is 44.6 Å². The standard InChI is InChI=1S/C67H89Cl2N17O13/c1-36(2)29-50(58(91)80-49(12-7-27-76-67(73)74)64(97)86-28-8-13-55(86)63(96)78-37(3)65(98)99)82-57(90)48(11-6-26-75-66(71)72)79-59(92)52(32-40-18-24-44(88)25-19-40)83-62(95)54(35-87)85-61(94)53(33-41-34-77-47-10-5-4-9-45(41)47)84-60(93)51(31-39-16-22-43(69)23-17-39)81-56(89)46(70)30-38-14-20-42(68)21-15-38/h4-5,9-10,14-25,34,36-37,46,48-55,77,87-88H,6-8,11-13,26-33,35,70H2,1-3H3,(H,78,96)(H,79,92)(H,80,91)(H,81,89)(H,82,90)(H,83,95)(H,84,93)(H,85,94)(H,98,99)(H4,71,72,75)(H4,73,74,76)/t37-,46-,48-,49+,50+,51-,52+,53-,54+,55+/m1/s1. The number of aromatic nitrogens is 1. The van der Waals surface area contributed by atoms with E-state index >= 15 is 0 Å². The molecular weight excluding hydrogens is 1320 g/mol. The third-order valence-electron chi connectivity index (χ3n) is 16.3. The fraction of sp³-hybridized carbons (Fsp3) is 0.433. The van der Waals surface area contributed by atoms with E-state index in [-0.39, 0.29) is 107 Å². The SMILES string of the molecule is CC(C)C[C@H](NC(=O)[C@@H](CCCN=C(N)N)NC(=O)[C@H](Cc1ccc(O)cc1)NC(=O)[C@H](CO)NC(=O)[C@@H](Cc1c[nH]c2ccccc12)NC(=O)[C@@H](Cc1ccc(Cl)cc1)NC(=O)[C@H](N)Cc1ccc(Cl)cc1)C(=O)N[C@@H](CCCN=C(N)N)C(=O)N1CCC[C@H]1C(=O)N[C@H](C)C(=O)O. The van der Waals surface area contributed by atoms with E-state index < -0.39 is 126 Å². The van der Waals surface area contributed by atoms with E-state index in [1.807, 2.05) is 0 Å². The fourth-order valence-electron chi connectivity index (χ4n) is 11.1. The van der Waals surface area contributed by atoms with Crippen molar-refractivity contribution in [1.82, 2.24) is 52.4 Å². The van der Waals surface area contributed by atoms with E-state index in [1.54, 1.807) is 92.8 Å². The minimum atomic E-state index is -1.82. The molecule has 32 heteroatoms. The van der Waals surface area contributed by atoms with Crippen LogP contribution in [0.1, 0.15) is 88.0 Å². The normalized spacial score (nSPS) is 15.4. The number of carboxylic acids is 1. The number of phenolic OH excluding ortho intramolecular Hbond substituents is 1. The highest BCUT2D eigenvalue weighted by Crippen LogP contribution is 2.23. The van der Waals surface area contributed by atoms with Gasteiger partial charge in [0, 0.05) is 66.0 Å². The minimum Gasteiger partial charge on any atom is -0.508 e. The molecule has 22 N–H and O–H groups in total. The number of nitrogens with zero attached hydrogens (tertiary/aromatic N) is 3. The molecule has 1 fully saturated rings. The zero-order valence-electron chi connectivity index (χ0n) is 55.2. The Morgan fingerprint density at radius 3 is 1.55 bits per heavy atom. The Kier molecular flexibility index (Phi) is 30.1. The van der Waals surface area contributed by atoms with Crippen molar-refractivity contribution in [3.8, 4) is 5.75 Å². The maximum atomic E-state index is 14.9. The molecule has 1 aliphatic rings. The number of aliphatic hydroxyl groups excluding tert-OH is 1. The van der Waals surface area contributed by atoms with Gasteiger partial charge < -0.3 is 96.4 Å². The number of para-hydroxylation sites is 1. The molecule has 10 atom stereocenters. The molecule has 0 bridgehead atoms. The van der Waals surface area contributed by atoms with Crippen molar-refractivity contribution in [3.63, 3.8) is 0 Å². The zero-order chi connectivity index (χ0) is 72.5. The summed E-state index contributed by atoms with van der Waals surface area (Å²) in [7, 11) is 0. The number of fused-ring (bicyclic) bond motifs is 1. The van der Waals surface area contributed by atoms with Gasteiger partial charge in [-0.3, -0.25) is 57.9 Å². The highest BCUT2D eigenvalue weighted by Gasteiger charge is 2.40. The van der Waals surface area contributed by atoms with Crippen LogP contribution in [0, 0.1) is 5.92 Å². The number of carbonyl (C=O) groups excluding carboxylic acids is 9. The first-order chi connectivity index (χ1) is 47.1. The summed E-state index contributed by atoms with van der Waals surface area (Å²) in [5.74, 6) is -9.88. The topological polar surface area (TPSA) is 501 Å². The molecule has 0 unspecified atom stereocenters. The molecule has 2 heterocycles. The number of guanidine groups is 2. The summed E-state index contributed by atoms with van der Waals surface area (Å²) < 4.78 is 0. The van der Waals surface area contributed by atoms with Crippen LogP contribution in [0.15, 0.2) is 113 Å². The number of hydrogen-bond acceptors (Lipinski definition) is 15. The Morgan fingerprint density at radius 2 is 1.01 bits per heavy atom. The highest BCUT2D eigenvalue weighted by molar-refractivity contribution is 6.30. The minimum absolute atomic E-state index is 0.00974. The predicted molar refractivity (Wildman–Crippen MR) is 372 cm³/mol. The molecular formula is C67H89Cl2N17O13. The molecule has 5 aromatic rings. The number of carboxylic acid groups (broad SMARTS) is 1. The smallest absolute Gasteiger partial charge is 0.325 e. The molecule has 534 valence electrons. The van der Waals surface area contributed by atoms with Gasteiger partial charge in [0.2, 0.25) is 53.2 Å². The van der Waals surface area contributed by atoms with E-state index in [0.717, 1.165) is 0 Å². The number of aliphatic hydroxyl groups is 1. The van der Waals surface area contributed by atoms with Crippen LogP contribution in [-0.2, 0) is 73.6 Å². The number of aliphatic carboxylic acids is 1. The highest BCUT2D eigenvalue weighted by atomic mass is 35.5. The number of likely N-dealkylation sites (tertiary alicyclic amines) is 1. The lowest BCUT2D eigenvalue weighted by atomic mass is 10.00. The second-order valence-corrected chi connectivity index (χ2v) is 25.5. The lowest BCUT2D eigenvalue weighted by Gasteiger charge is -2.31. The summed E-state index contributed by atoms with van der Waals surface area (Å²) in [5, 5.41) is 53.3. The summed E-state index contributed by atoms with van der Waals surface area (Å²) in [6.45, 7) is 3.88. The number of hydrogen-bond donors (Lipinski definition) is 17. The van der Waals surface area contributed by atoms with Crippen LogP contribution >= 0.6 is 23.2 Å². The number of nitrogens with two attached hydrogens (primary N) is 5. The maximum Gasteiger partial charge on any atom is 0.325 e. The number of phenols is 1. The molecule has 4 aromatic carbocycles. The summed E-state index contributed by atoms with van der Waals surface area (Å²) in [4.78, 5) is 154. The van der Waals surface area contributed by atoms with Crippen molar-refractivity contribution >= 4 is 105 Å². The Labute approximate surface area is 582 Å². The Morgan fingerprint density at radius 1 is 0.566 bits per heavy atom. The van der Waals surface area contributed by atoms with Gasteiger partial charge in [0.05, 0.1) is 12.6 Å². The van der Waals surface area contributed by atoms with Crippen molar-refractivity contribution in [3.05, 3.63) is 136 Å². The first-order valence-corrected chi connectivity index (χ1v) is 33.1. The third kappa shape index (κ3) is 24.8. The van der Waals surface area contributed by atoms with Crippen molar-refractivity contribution in [2.45, 2.75) is 152 Å². The first kappa shape index (κ1) is 78.0. The van der Waals surface area contributed by atoms with Crippen LogP contribution in [0.4, 0.5) is 0 Å². The molecule has 9 amide bonds. The second-order valence-electron chi connectivity index (χ2n) is 24.6. The number of halogens is 2. The van der Waals surface area contributed by atoms with Gasteiger partial charge >= 0.3 is 5.97 Å². The number of benzene rings is 4. The van der Waals surface area contributed by atoms with Crippen LogP contribution in [0.25, 0.3) is 10.9 Å². The molecule has 1 saturated heterocycles. The van der Waals surface area contributed by atoms with E-state index in [0.29, 0.717) is 49.6 Å². The number of H-pyrrole nitrogens is 1. The summed E-state index contributed by atoms with van der Waals surface area (Å²) in [6, 6.07) is 12.0. The van der Waals surface area contributed by atoms with Crippen LogP contribution in [0.5, 0.6) is 5.75 Å². The van der Waals surface area contributed by atoms with Crippen LogP contribution < -0.4 is 71.2 Å². The Hall–Kier alpha value is -10.0. The average molecular weight is 1410 g/mol. The molecule has 6 rings (SSSR count). The van der Waals surface area contributed by atoms with Crippen molar-refractivity contribution in [2.75, 3.05) is 26.2 Å². The lowest BCUT2D eigenvalue weighted by Crippen LogP contribution is -2.61. The average Bonchev–Trinajstić information content (AvgIpc) is 1.76. The quantitative estimate of drug-likeness (QED) is 0.0140. The molecule has 0 saturated carbocycles. The van der Waals surface area contributed by atoms with E-state index in [1.165, 1.54) is 36.1 Å². The van der Waals surface area contributed by atoms with Gasteiger partial charge in [-0.05, 0) is 129 Å². The number of rotatable bonds is 37. The summed E-state index contributed by atoms with van der Waals surface area (Å²) in [6.07, 6.45) is 1.69. The number of aromatic amines is 1. The fourth-order valence-corrected chi connectivity index (χ4v) is 11.3. The lowest BCUT2D eigenvalue weighted by molar-refractivity contribution is -0.144. The van der Waals surface area contributed by atoms with Crippen LogP contribution in [0.2, 0.25) is 10.0 Å². The van der Waals surface area contributed by atoms with Gasteiger partial charge in [0.1, 0.15) is 60.1 Å². The predicted octanol–water partition coefficient (Wildman–Crippen LogP) is -0.102. The molecule has 0 spiro atoms. The molecule has 1 aliphatic heterocycles. The van der Waals surface area contributed by atoms with E-state index in [2.05, 4.69) is 57.5 Å². The van der Waals surface area contributed by atoms with Crippen LogP contribution in [0.3, 0.4) is 0 Å². The summed E-state index contributed by atoms with van der Waals surface area (Å²) in [5.41, 5.74) is 31.6. The van der Waals surface area contributed by atoms with Gasteiger partial charge in [0.25, 0.3) is 0 Å². The van der Waals surface area contributed by atoms with Gasteiger partial charge in [-0.25, -0.2) is 0 Å². The van der Waals surface area contributed by atoms with Gasteiger partial charge in [-0.2, -0.15) is 0 Å². The van der Waals surface area contributed by atoms with E-state index in [4.69, 9.17) is 51.9 Å². The maximum absolute atomic E-state index is 14.9. The number of amides is 9. The number of aromatic hydroxyl groups is 1. The van der Waals surface area contributed by atoms with Crippen LogP contribution in [-0.4, -0.2) is 183 Å². The number of nitrogens with one attached hydrogen (secondary N) is 9. The monoisotopic (exact) mass is 1410 g/mol. The third-order valence-corrected chi connectivity index (χ3v) is 16.8.